The number of aliphatic carboxylic acids is 1. The minimum absolute atomic E-state index is 0.143. The molecule has 3 nitrogen and oxygen atoms in total. The number of carboxylic acids is 1. The largest absolute Gasteiger partial charge is 0.481 e. The van der Waals surface area contributed by atoms with Crippen LogP contribution in [0.4, 0.5) is 0 Å². The molecule has 0 amide bonds. The Morgan fingerprint density at radius 1 is 0.857 bits per heavy atom. The van der Waals surface area contributed by atoms with Crippen LogP contribution in [0.1, 0.15) is 23.1 Å². The van der Waals surface area contributed by atoms with Gasteiger partial charge in [-0.2, -0.15) is 0 Å². The van der Waals surface area contributed by atoms with E-state index in [2.05, 4.69) is 72.5 Å². The lowest BCUT2D eigenvalue weighted by Crippen LogP contribution is -2.25. The molecule has 1 N–H and O–H groups in total. The van der Waals surface area contributed by atoms with Gasteiger partial charge in [-0.1, -0.05) is 71.9 Å². The van der Waals surface area contributed by atoms with Crippen LogP contribution in [0.3, 0.4) is 0 Å². The van der Waals surface area contributed by atoms with Gasteiger partial charge in [0.2, 0.25) is 0 Å². The van der Waals surface area contributed by atoms with Crippen molar-refractivity contribution in [1.82, 2.24) is 4.90 Å². The molecular weight excluding hydrogens is 366 g/mol. The second kappa shape index (κ2) is 10.1. The van der Waals surface area contributed by atoms with Crippen molar-refractivity contribution in [3.8, 4) is 0 Å². The maximum absolute atomic E-state index is 11.1. The minimum Gasteiger partial charge on any atom is -0.481 e. The fourth-order valence-corrected chi connectivity index (χ4v) is 4.05. The standard InChI is InChI=1S/C24H25NO2S/c1-19-7-5-8-20(15-19)17-25(14-13-24(26)27)18-21-9-6-12-23(16-21)28-22-10-3-2-4-11-22/h2-12,15-16H,13-14,17-18H2,1H3,(H,26,27). The van der Waals surface area contributed by atoms with E-state index in [4.69, 9.17) is 5.11 Å². The van der Waals surface area contributed by atoms with Crippen LogP contribution in [0.15, 0.2) is 88.7 Å². The van der Waals surface area contributed by atoms with Crippen LogP contribution < -0.4 is 0 Å². The summed E-state index contributed by atoms with van der Waals surface area (Å²) in [6.45, 7) is 4.07. The van der Waals surface area contributed by atoms with Crippen molar-refractivity contribution in [2.75, 3.05) is 6.54 Å². The maximum atomic E-state index is 11.1. The van der Waals surface area contributed by atoms with Crippen LogP contribution in [0.25, 0.3) is 0 Å². The molecule has 4 heteroatoms. The van der Waals surface area contributed by atoms with Gasteiger partial charge in [0.15, 0.2) is 0 Å². The SMILES string of the molecule is Cc1cccc(CN(CCC(=O)O)Cc2cccc(Sc3ccccc3)c2)c1. The van der Waals surface area contributed by atoms with E-state index in [1.165, 1.54) is 26.5 Å². The Labute approximate surface area is 171 Å². The Kier molecular flexibility index (Phi) is 7.29. The summed E-state index contributed by atoms with van der Waals surface area (Å²) in [6, 6.07) is 27.2. The second-order valence-electron chi connectivity index (χ2n) is 6.91. The first-order valence-corrected chi connectivity index (χ1v) is 10.2. The predicted molar refractivity (Wildman–Crippen MR) is 115 cm³/mol. The fourth-order valence-electron chi connectivity index (χ4n) is 3.13. The van der Waals surface area contributed by atoms with Gasteiger partial charge in [0, 0.05) is 29.4 Å². The Morgan fingerprint density at radius 2 is 1.50 bits per heavy atom. The summed E-state index contributed by atoms with van der Waals surface area (Å²) in [5.74, 6) is -0.761. The molecule has 0 aliphatic heterocycles. The lowest BCUT2D eigenvalue weighted by atomic mass is 10.1. The van der Waals surface area contributed by atoms with Crippen LogP contribution in [0.2, 0.25) is 0 Å². The fraction of sp³-hybridized carbons (Fsp3) is 0.208. The highest BCUT2D eigenvalue weighted by molar-refractivity contribution is 7.99. The zero-order valence-corrected chi connectivity index (χ0v) is 16.9. The normalized spacial score (nSPS) is 10.9. The Balaban J connectivity index is 1.72. The molecule has 0 radical (unpaired) electrons. The van der Waals surface area contributed by atoms with E-state index in [0.29, 0.717) is 6.54 Å². The molecule has 0 aliphatic rings. The summed E-state index contributed by atoms with van der Waals surface area (Å²) in [5.41, 5.74) is 3.62. The van der Waals surface area contributed by atoms with E-state index in [1.54, 1.807) is 11.8 Å². The molecule has 0 atom stereocenters. The zero-order valence-electron chi connectivity index (χ0n) is 16.0. The summed E-state index contributed by atoms with van der Waals surface area (Å²) in [4.78, 5) is 15.7. The molecule has 0 heterocycles. The average Bonchev–Trinajstić information content (AvgIpc) is 2.67. The summed E-state index contributed by atoms with van der Waals surface area (Å²) in [6.07, 6.45) is 0.143. The van der Waals surface area contributed by atoms with Crippen molar-refractivity contribution < 1.29 is 9.90 Å². The summed E-state index contributed by atoms with van der Waals surface area (Å²) < 4.78 is 0. The number of aryl methyl sites for hydroxylation is 1. The van der Waals surface area contributed by atoms with Crippen LogP contribution in [-0.2, 0) is 17.9 Å². The first kappa shape index (κ1) is 20.2. The van der Waals surface area contributed by atoms with Crippen LogP contribution in [0, 0.1) is 6.92 Å². The number of carboxylic acid groups (broad SMARTS) is 1. The first-order valence-electron chi connectivity index (χ1n) is 9.40. The molecule has 0 saturated heterocycles. The van der Waals surface area contributed by atoms with Crippen LogP contribution in [0.5, 0.6) is 0 Å². The van der Waals surface area contributed by atoms with Gasteiger partial charge >= 0.3 is 5.97 Å². The molecule has 0 bridgehead atoms. The summed E-state index contributed by atoms with van der Waals surface area (Å²) in [5, 5.41) is 9.12. The van der Waals surface area contributed by atoms with E-state index < -0.39 is 5.97 Å². The molecule has 0 aromatic heterocycles. The van der Waals surface area contributed by atoms with Crippen molar-refractivity contribution >= 4 is 17.7 Å². The lowest BCUT2D eigenvalue weighted by molar-refractivity contribution is -0.137. The van der Waals surface area contributed by atoms with Crippen molar-refractivity contribution in [3.63, 3.8) is 0 Å². The van der Waals surface area contributed by atoms with Gasteiger partial charge in [0.05, 0.1) is 6.42 Å². The summed E-state index contributed by atoms with van der Waals surface area (Å²) in [7, 11) is 0. The van der Waals surface area contributed by atoms with E-state index in [-0.39, 0.29) is 6.42 Å². The van der Waals surface area contributed by atoms with E-state index in [1.807, 2.05) is 18.2 Å². The number of nitrogens with zero attached hydrogens (tertiary/aromatic N) is 1. The molecule has 0 unspecified atom stereocenters. The molecule has 0 saturated carbocycles. The number of rotatable bonds is 9. The van der Waals surface area contributed by atoms with Gasteiger partial charge in [-0.15, -0.1) is 0 Å². The van der Waals surface area contributed by atoms with Crippen molar-refractivity contribution in [2.45, 2.75) is 36.2 Å². The third-order valence-electron chi connectivity index (χ3n) is 4.41. The molecule has 3 rings (SSSR count). The van der Waals surface area contributed by atoms with Gasteiger partial charge in [-0.05, 0) is 42.3 Å². The van der Waals surface area contributed by atoms with Gasteiger partial charge in [0.1, 0.15) is 0 Å². The smallest absolute Gasteiger partial charge is 0.304 e. The number of hydrogen-bond donors (Lipinski definition) is 1. The maximum Gasteiger partial charge on any atom is 0.304 e. The highest BCUT2D eigenvalue weighted by atomic mass is 32.2. The van der Waals surface area contributed by atoms with Crippen molar-refractivity contribution in [3.05, 3.63) is 95.6 Å². The predicted octanol–water partition coefficient (Wildman–Crippen LogP) is 5.62. The minimum atomic E-state index is -0.761. The van der Waals surface area contributed by atoms with Gasteiger partial charge in [-0.25, -0.2) is 0 Å². The molecule has 3 aromatic rings. The topological polar surface area (TPSA) is 40.5 Å². The molecular formula is C24H25NO2S. The monoisotopic (exact) mass is 391 g/mol. The summed E-state index contributed by atoms with van der Waals surface area (Å²) >= 11 is 1.74. The first-order chi connectivity index (χ1) is 13.6. The van der Waals surface area contributed by atoms with E-state index >= 15 is 0 Å². The van der Waals surface area contributed by atoms with Crippen molar-refractivity contribution in [2.24, 2.45) is 0 Å². The number of carbonyl (C=O) groups is 1. The van der Waals surface area contributed by atoms with Gasteiger partial charge in [-0.3, -0.25) is 9.69 Å². The molecule has 0 fully saturated rings. The van der Waals surface area contributed by atoms with Gasteiger partial charge in [0.25, 0.3) is 0 Å². The Morgan fingerprint density at radius 3 is 2.18 bits per heavy atom. The number of hydrogen-bond acceptors (Lipinski definition) is 3. The van der Waals surface area contributed by atoms with Crippen LogP contribution >= 0.6 is 11.8 Å². The van der Waals surface area contributed by atoms with E-state index in [9.17, 15) is 4.79 Å². The highest BCUT2D eigenvalue weighted by Gasteiger charge is 2.10. The average molecular weight is 392 g/mol. The third-order valence-corrected chi connectivity index (χ3v) is 5.41. The van der Waals surface area contributed by atoms with Gasteiger partial charge < -0.3 is 5.11 Å². The van der Waals surface area contributed by atoms with Crippen LogP contribution in [-0.4, -0.2) is 22.5 Å². The zero-order chi connectivity index (χ0) is 19.8. The Bertz CT molecular complexity index is 911. The quantitative estimate of drug-likeness (QED) is 0.514. The molecule has 144 valence electrons. The molecule has 0 spiro atoms. The lowest BCUT2D eigenvalue weighted by Gasteiger charge is -2.22. The molecule has 3 aromatic carbocycles. The number of benzene rings is 3. The van der Waals surface area contributed by atoms with E-state index in [0.717, 1.165) is 13.1 Å². The highest BCUT2D eigenvalue weighted by Crippen LogP contribution is 2.28. The molecule has 0 aliphatic carbocycles. The Hall–Kier alpha value is -2.56. The second-order valence-corrected chi connectivity index (χ2v) is 8.05. The third kappa shape index (κ3) is 6.55. The van der Waals surface area contributed by atoms with Crippen molar-refractivity contribution in [1.29, 1.82) is 0 Å². The molecule has 28 heavy (non-hydrogen) atoms.